The number of fused-ring (bicyclic) bond motifs is 1. The van der Waals surface area contributed by atoms with Gasteiger partial charge in [-0.2, -0.15) is 5.10 Å². The van der Waals surface area contributed by atoms with Gasteiger partial charge in [-0.25, -0.2) is 5.43 Å². The monoisotopic (exact) mass is 416 g/mol. The minimum absolute atomic E-state index is 0.280. The molecule has 6 nitrogen and oxygen atoms in total. The Morgan fingerprint density at radius 1 is 0.900 bits per heavy atom. The number of nitrogens with one attached hydrogen (secondary N) is 3. The van der Waals surface area contributed by atoms with E-state index >= 15 is 0 Å². The first kappa shape index (κ1) is 19.4. The van der Waals surface area contributed by atoms with Gasteiger partial charge in [0.15, 0.2) is 0 Å². The molecule has 0 saturated carbocycles. The average molecular weight is 417 g/mol. The third kappa shape index (κ3) is 4.39. The Bertz CT molecular complexity index is 1250. The first-order chi connectivity index (χ1) is 14.6. The lowest BCUT2D eigenvalue weighted by molar-refractivity contribution is 0.0954. The highest BCUT2D eigenvalue weighted by atomic mass is 35.5. The van der Waals surface area contributed by atoms with Crippen LogP contribution in [0.15, 0.2) is 84.1 Å². The van der Waals surface area contributed by atoms with E-state index in [0.717, 1.165) is 16.5 Å². The van der Waals surface area contributed by atoms with Gasteiger partial charge in [0.1, 0.15) is 0 Å². The quantitative estimate of drug-likeness (QED) is 0.321. The molecule has 0 radical (unpaired) electrons. The summed E-state index contributed by atoms with van der Waals surface area (Å²) in [5.74, 6) is -0.628. The number of benzene rings is 3. The summed E-state index contributed by atoms with van der Waals surface area (Å²) in [5, 5.41) is 8.31. The number of hydrazone groups is 1. The largest absolute Gasteiger partial charge is 0.361 e. The maximum atomic E-state index is 12.3. The summed E-state index contributed by atoms with van der Waals surface area (Å²) in [4.78, 5) is 27.7. The lowest BCUT2D eigenvalue weighted by Crippen LogP contribution is -2.17. The molecule has 148 valence electrons. The van der Waals surface area contributed by atoms with Crippen molar-refractivity contribution in [2.75, 3.05) is 5.32 Å². The number of carbonyl (C=O) groups excluding carboxylic acids is 2. The lowest BCUT2D eigenvalue weighted by Gasteiger charge is -2.06. The molecule has 7 heteroatoms. The van der Waals surface area contributed by atoms with Gasteiger partial charge < -0.3 is 10.3 Å². The highest BCUT2D eigenvalue weighted by Crippen LogP contribution is 2.16. The predicted molar refractivity (Wildman–Crippen MR) is 119 cm³/mol. The number of hydrogen-bond donors (Lipinski definition) is 3. The Morgan fingerprint density at radius 3 is 2.50 bits per heavy atom. The molecule has 0 atom stereocenters. The summed E-state index contributed by atoms with van der Waals surface area (Å²) in [7, 11) is 0. The Morgan fingerprint density at radius 2 is 1.70 bits per heavy atom. The van der Waals surface area contributed by atoms with E-state index < -0.39 is 0 Å². The number of carbonyl (C=O) groups is 2. The maximum Gasteiger partial charge on any atom is 0.271 e. The fourth-order valence-corrected chi connectivity index (χ4v) is 3.15. The number of halogens is 1. The normalized spacial score (nSPS) is 11.0. The molecule has 0 aliphatic carbocycles. The molecule has 0 aliphatic heterocycles. The number of aromatic nitrogens is 1. The van der Waals surface area contributed by atoms with Crippen molar-refractivity contribution in [3.8, 4) is 0 Å². The Balaban J connectivity index is 1.37. The number of rotatable bonds is 5. The van der Waals surface area contributed by atoms with Crippen molar-refractivity contribution in [1.29, 1.82) is 0 Å². The third-order valence-corrected chi connectivity index (χ3v) is 4.72. The zero-order chi connectivity index (χ0) is 20.9. The summed E-state index contributed by atoms with van der Waals surface area (Å²) in [6.45, 7) is 0. The molecule has 0 bridgehead atoms. The van der Waals surface area contributed by atoms with Gasteiger partial charge in [0, 0.05) is 44.5 Å². The van der Waals surface area contributed by atoms with Crippen molar-refractivity contribution in [3.63, 3.8) is 0 Å². The van der Waals surface area contributed by atoms with E-state index in [1.807, 2.05) is 30.5 Å². The molecule has 3 N–H and O–H groups in total. The van der Waals surface area contributed by atoms with E-state index in [0.29, 0.717) is 21.8 Å². The molecular weight excluding hydrogens is 400 g/mol. The number of hydrogen-bond acceptors (Lipinski definition) is 3. The molecule has 0 saturated heterocycles. The van der Waals surface area contributed by atoms with Crippen molar-refractivity contribution in [2.45, 2.75) is 0 Å². The van der Waals surface area contributed by atoms with Crippen molar-refractivity contribution in [2.24, 2.45) is 5.10 Å². The second-order valence-electron chi connectivity index (χ2n) is 6.53. The van der Waals surface area contributed by atoms with E-state index in [-0.39, 0.29) is 11.8 Å². The minimum Gasteiger partial charge on any atom is -0.361 e. The summed E-state index contributed by atoms with van der Waals surface area (Å²) in [6.07, 6.45) is 3.42. The number of amides is 2. The van der Waals surface area contributed by atoms with E-state index in [9.17, 15) is 9.59 Å². The topological polar surface area (TPSA) is 86.3 Å². The fourth-order valence-electron chi connectivity index (χ4n) is 2.96. The molecule has 0 unspecified atom stereocenters. The van der Waals surface area contributed by atoms with Crippen LogP contribution < -0.4 is 10.7 Å². The molecule has 1 aromatic heterocycles. The van der Waals surface area contributed by atoms with Crippen LogP contribution >= 0.6 is 11.6 Å². The number of nitrogens with zero attached hydrogens (tertiary/aromatic N) is 1. The van der Waals surface area contributed by atoms with Crippen molar-refractivity contribution < 1.29 is 9.59 Å². The first-order valence-electron chi connectivity index (χ1n) is 9.17. The van der Waals surface area contributed by atoms with Crippen LogP contribution in [-0.4, -0.2) is 23.0 Å². The summed E-state index contributed by atoms with van der Waals surface area (Å²) in [6, 6.07) is 21.0. The van der Waals surface area contributed by atoms with Crippen LogP contribution in [0.1, 0.15) is 26.3 Å². The molecular formula is C23H17ClN4O2. The van der Waals surface area contributed by atoms with Gasteiger partial charge in [0.05, 0.1) is 6.21 Å². The Kier molecular flexibility index (Phi) is 5.59. The van der Waals surface area contributed by atoms with E-state index in [1.165, 1.54) is 0 Å². The summed E-state index contributed by atoms with van der Waals surface area (Å²) >= 11 is 5.91. The van der Waals surface area contributed by atoms with Crippen molar-refractivity contribution in [1.82, 2.24) is 10.4 Å². The van der Waals surface area contributed by atoms with Crippen LogP contribution in [0.3, 0.4) is 0 Å². The molecule has 0 fully saturated rings. The number of para-hydroxylation sites is 1. The molecule has 2 amide bonds. The van der Waals surface area contributed by atoms with Crippen LogP contribution in [0.2, 0.25) is 5.02 Å². The molecule has 30 heavy (non-hydrogen) atoms. The molecule has 0 aliphatic rings. The fraction of sp³-hybridized carbons (Fsp3) is 0. The molecule has 4 rings (SSSR count). The second kappa shape index (κ2) is 8.63. The van der Waals surface area contributed by atoms with Crippen LogP contribution in [0.25, 0.3) is 10.9 Å². The SMILES string of the molecule is O=C(NN=Cc1c[nH]c2ccccc12)c1ccc(NC(=O)c2cccc(Cl)c2)cc1. The van der Waals surface area contributed by atoms with Gasteiger partial charge in [-0.15, -0.1) is 0 Å². The van der Waals surface area contributed by atoms with Crippen molar-refractivity contribution >= 4 is 46.2 Å². The standard InChI is InChI=1S/C23H17ClN4O2/c24-18-5-3-4-16(12-18)22(29)27-19-10-8-15(9-11-19)23(30)28-26-14-17-13-25-21-7-2-1-6-20(17)21/h1-14,25H,(H,27,29)(H,28,30). The molecule has 3 aromatic carbocycles. The molecule has 4 aromatic rings. The third-order valence-electron chi connectivity index (χ3n) is 4.48. The first-order valence-corrected chi connectivity index (χ1v) is 9.54. The Hall–Kier alpha value is -3.90. The van der Waals surface area contributed by atoms with Crippen LogP contribution in [-0.2, 0) is 0 Å². The smallest absolute Gasteiger partial charge is 0.271 e. The zero-order valence-electron chi connectivity index (χ0n) is 15.7. The lowest BCUT2D eigenvalue weighted by atomic mass is 10.1. The van der Waals surface area contributed by atoms with Gasteiger partial charge in [0.2, 0.25) is 0 Å². The predicted octanol–water partition coefficient (Wildman–Crippen LogP) is 4.84. The highest BCUT2D eigenvalue weighted by Gasteiger charge is 2.08. The number of anilines is 1. The van der Waals surface area contributed by atoms with Gasteiger partial charge in [-0.1, -0.05) is 35.9 Å². The van der Waals surface area contributed by atoms with E-state index in [1.54, 1.807) is 54.7 Å². The van der Waals surface area contributed by atoms with Crippen LogP contribution in [0.5, 0.6) is 0 Å². The average Bonchev–Trinajstić information content (AvgIpc) is 3.17. The van der Waals surface area contributed by atoms with Gasteiger partial charge in [-0.3, -0.25) is 9.59 Å². The number of aromatic amines is 1. The maximum absolute atomic E-state index is 12.3. The summed E-state index contributed by atoms with van der Waals surface area (Å²) in [5.41, 5.74) is 5.84. The van der Waals surface area contributed by atoms with Gasteiger partial charge >= 0.3 is 0 Å². The Labute approximate surface area is 177 Å². The van der Waals surface area contributed by atoms with E-state index in [2.05, 4.69) is 20.8 Å². The van der Waals surface area contributed by atoms with Crippen LogP contribution in [0.4, 0.5) is 5.69 Å². The van der Waals surface area contributed by atoms with E-state index in [4.69, 9.17) is 11.6 Å². The zero-order valence-corrected chi connectivity index (χ0v) is 16.5. The highest BCUT2D eigenvalue weighted by molar-refractivity contribution is 6.31. The summed E-state index contributed by atoms with van der Waals surface area (Å²) < 4.78 is 0. The minimum atomic E-state index is -0.348. The van der Waals surface area contributed by atoms with Crippen LogP contribution in [0, 0.1) is 0 Å². The molecule has 1 heterocycles. The number of H-pyrrole nitrogens is 1. The molecule has 0 spiro atoms. The van der Waals surface area contributed by atoms with Crippen molar-refractivity contribution in [3.05, 3.63) is 101 Å². The van der Waals surface area contributed by atoms with Gasteiger partial charge in [-0.05, 0) is 48.5 Å². The van der Waals surface area contributed by atoms with Gasteiger partial charge in [0.25, 0.3) is 11.8 Å². The second-order valence-corrected chi connectivity index (χ2v) is 6.97.